The van der Waals surface area contributed by atoms with Crippen molar-refractivity contribution in [3.05, 3.63) is 0 Å². The van der Waals surface area contributed by atoms with Gasteiger partial charge in [0.1, 0.15) is 15.7 Å². The molecule has 10 aliphatic rings. The summed E-state index contributed by atoms with van der Waals surface area (Å²) in [4.78, 5) is 0. The van der Waals surface area contributed by atoms with Gasteiger partial charge in [-0.15, -0.1) is 0 Å². The van der Waals surface area contributed by atoms with Crippen LogP contribution in [-0.4, -0.2) is 237 Å². The lowest BCUT2D eigenvalue weighted by Crippen LogP contribution is -2.80. The highest BCUT2D eigenvalue weighted by molar-refractivity contribution is 7.91. The van der Waals surface area contributed by atoms with Gasteiger partial charge in [0.25, 0.3) is 50.6 Å². The molecule has 10 heterocycles. The summed E-state index contributed by atoms with van der Waals surface area (Å²) in [6, 6.07) is 0. The lowest BCUT2D eigenvalue weighted by Gasteiger charge is -2.46. The third-order valence-electron chi connectivity index (χ3n) is 11.5. The summed E-state index contributed by atoms with van der Waals surface area (Å²) in [5.74, 6) is -18.9. The highest BCUT2D eigenvalue weighted by Crippen LogP contribution is 2.65. The van der Waals surface area contributed by atoms with E-state index in [1.54, 1.807) is 20.8 Å². The molecule has 0 aromatic rings. The highest BCUT2D eigenvalue weighted by Gasteiger charge is 2.99. The van der Waals surface area contributed by atoms with Crippen molar-refractivity contribution >= 4 is 101 Å². The van der Waals surface area contributed by atoms with Crippen LogP contribution >= 0.6 is 0 Å². The van der Waals surface area contributed by atoms with Crippen LogP contribution in [0.4, 0.5) is 140 Å². The first-order chi connectivity index (χ1) is 44.7. The van der Waals surface area contributed by atoms with Gasteiger partial charge in [0.2, 0.25) is 0 Å². The fourth-order valence-electron chi connectivity index (χ4n) is 5.53. The fraction of sp³-hybridized carbons (Fsp3) is 1.00. The van der Waals surface area contributed by atoms with Crippen molar-refractivity contribution in [3.8, 4) is 0 Å². The maximum absolute atomic E-state index is 12.4. The molecular weight excluding hydrogens is 1790 g/mol. The summed E-state index contributed by atoms with van der Waals surface area (Å²) in [5.41, 5.74) is 0. The summed E-state index contributed by atoms with van der Waals surface area (Å²) in [6.07, 6.45) is -45.6. The van der Waals surface area contributed by atoms with Crippen molar-refractivity contribution in [3.63, 3.8) is 0 Å². The van der Waals surface area contributed by atoms with Crippen molar-refractivity contribution in [2.24, 2.45) is 0 Å². The van der Waals surface area contributed by atoms with E-state index in [2.05, 4.69) is 41.8 Å². The Morgan fingerprint density at radius 3 is 0.721 bits per heavy atom. The zero-order chi connectivity index (χ0) is 83.9. The molecule has 624 valence electrons. The average molecular weight is 1830 g/mol. The molecule has 2 unspecified atom stereocenters. The smallest absolute Gasteiger partial charge is 0.270 e. The fourth-order valence-corrected chi connectivity index (χ4v) is 14.2. The van der Waals surface area contributed by atoms with Crippen molar-refractivity contribution in [1.29, 1.82) is 0 Å². The van der Waals surface area contributed by atoms with Gasteiger partial charge < -0.3 is 0 Å². The molecule has 10 aliphatic heterocycles. The van der Waals surface area contributed by atoms with E-state index in [9.17, 15) is 225 Å². The predicted molar refractivity (Wildman–Crippen MR) is 256 cm³/mol. The van der Waals surface area contributed by atoms with Crippen LogP contribution in [0.2, 0.25) is 0 Å². The van der Waals surface area contributed by atoms with Crippen LogP contribution in [0.25, 0.3) is 0 Å². The van der Waals surface area contributed by atoms with Gasteiger partial charge >= 0.3 is 143 Å². The highest BCUT2D eigenvalue weighted by atomic mass is 32.3. The van der Waals surface area contributed by atoms with Gasteiger partial charge in [-0.1, -0.05) is 0 Å². The van der Waals surface area contributed by atoms with Crippen LogP contribution in [-0.2, 0) is 143 Å². The maximum atomic E-state index is 12.4. The minimum absolute atomic E-state index is 0.201. The van der Waals surface area contributed by atoms with Crippen LogP contribution in [0.1, 0.15) is 40.0 Å². The summed E-state index contributed by atoms with van der Waals surface area (Å²) >= 11 is 0. The Bertz CT molecular complexity index is 4250. The third-order valence-corrected chi connectivity index (χ3v) is 26.2. The molecule has 0 bridgehead atoms. The van der Waals surface area contributed by atoms with Gasteiger partial charge in [0, 0.05) is 0 Å². The van der Waals surface area contributed by atoms with Crippen molar-refractivity contribution in [2.45, 2.75) is 142 Å². The Balaban J connectivity index is 0.000000587. The molecule has 0 aliphatic carbocycles. The van der Waals surface area contributed by atoms with E-state index in [1.807, 2.05) is 0 Å². The van der Waals surface area contributed by atoms with Crippen LogP contribution < -0.4 is 0 Å². The summed E-state index contributed by atoms with van der Waals surface area (Å²) in [6.45, 7) is 6.74. The molecule has 104 heavy (non-hydrogen) atoms. The molecule has 0 N–H and O–H groups in total. The number of alkyl halides is 32. The molecule has 72 heteroatoms. The summed E-state index contributed by atoms with van der Waals surface area (Å²) < 4.78 is 613. The van der Waals surface area contributed by atoms with Crippen LogP contribution in [0, 0.1) is 0 Å². The molecule has 0 spiro atoms. The third kappa shape index (κ3) is 18.6. The van der Waals surface area contributed by atoms with Crippen molar-refractivity contribution in [1.82, 2.24) is 0 Å². The number of hydrogen-bond acceptors (Lipinski definition) is 30. The first-order valence-corrected chi connectivity index (χ1v) is 38.6. The molecule has 2 atom stereocenters. The molecule has 0 amide bonds. The Morgan fingerprint density at radius 2 is 0.615 bits per heavy atom. The van der Waals surface area contributed by atoms with E-state index >= 15 is 0 Å². The van der Waals surface area contributed by atoms with Gasteiger partial charge in [0.05, 0.1) is 44.5 Å². The van der Waals surface area contributed by atoms with Crippen LogP contribution in [0.15, 0.2) is 0 Å². The molecule has 10 saturated heterocycles. The Morgan fingerprint density at radius 1 is 0.308 bits per heavy atom. The normalized spacial score (nSPS) is 31.7. The molecule has 0 aromatic heterocycles. The molecule has 0 aromatic carbocycles. The standard InChI is InChI=1S/2C4F8O3S.2C4H8O3S.2C3F6O3S.2C3H6O3S.C2F4O3S.C2H4O3S/c5-1(6)2(7,8)4(11,12)16(13,14)15-3(1,9)10;5-2(6,7)1(3(8,9)10)4(11,12)15-16(1,13)14;1-4(2)3-7-8(4,5)6;5-8(6)4-2-1-3-7-8;4-1(2(5,6)7)3(8,9)12-13(1,10)11;4-1(5)2(6,7)12-13(10,11)3(1,8)9;1-3-2-6-7(3,4)5;4-7(5)3-1-2-6-7;3-1(4)2(5,6)10(7,8)9-1;3-6(4)2-1-5-6/h;;3H2,1-2H3;1-4H2;;;3H,2H2,1H3;1-3H2;;1-2H2. The van der Waals surface area contributed by atoms with Crippen LogP contribution in [0.5, 0.6) is 0 Å². The lowest BCUT2D eigenvalue weighted by molar-refractivity contribution is -0.413. The first-order valence-electron chi connectivity index (χ1n) is 23.9. The van der Waals surface area contributed by atoms with E-state index < -0.39 is 198 Å². The molecular formula is C32H32F32O30S10. The van der Waals surface area contributed by atoms with Gasteiger partial charge in [0.15, 0.2) is 0 Å². The number of halogens is 32. The van der Waals surface area contributed by atoms with Crippen molar-refractivity contribution < 1.29 is 267 Å². The van der Waals surface area contributed by atoms with Gasteiger partial charge in [-0.3, -0.25) is 20.9 Å². The summed E-state index contributed by atoms with van der Waals surface area (Å²) in [7, 11) is -46.3. The van der Waals surface area contributed by atoms with Gasteiger partial charge in [-0.25, -0.2) is 4.39 Å². The largest absolute Gasteiger partial charge is 0.461 e. The Labute approximate surface area is 558 Å². The maximum Gasteiger partial charge on any atom is 0.461 e. The van der Waals surface area contributed by atoms with E-state index in [-0.39, 0.29) is 22.5 Å². The topological polar surface area (TPSA) is 434 Å². The number of hydrogen-bond donors (Lipinski definition) is 0. The molecule has 10 fully saturated rings. The van der Waals surface area contributed by atoms with Crippen LogP contribution in [0.3, 0.4) is 0 Å². The van der Waals surface area contributed by atoms with Gasteiger partial charge in [-0.05, 0) is 40.0 Å². The average Bonchev–Trinajstić information content (AvgIpc) is 0.888. The second-order valence-corrected chi connectivity index (χ2v) is 37.3. The van der Waals surface area contributed by atoms with Gasteiger partial charge in [-0.2, -0.15) is 241 Å². The number of rotatable bonds is 0. The Kier molecular flexibility index (Phi) is 27.7. The molecule has 30 nitrogen and oxygen atoms in total. The zero-order valence-electron chi connectivity index (χ0n) is 48.3. The monoisotopic (exact) mass is 1820 g/mol. The second-order valence-electron chi connectivity index (χ2n) is 19.7. The van der Waals surface area contributed by atoms with E-state index in [4.69, 9.17) is 0 Å². The quantitative estimate of drug-likeness (QED) is 0.212. The zero-order valence-corrected chi connectivity index (χ0v) is 56.4. The minimum atomic E-state index is -6.86. The minimum Gasteiger partial charge on any atom is -0.270 e. The van der Waals surface area contributed by atoms with E-state index in [0.29, 0.717) is 39.5 Å². The predicted octanol–water partition coefficient (Wildman–Crippen LogP) is 5.54. The van der Waals surface area contributed by atoms with Crippen molar-refractivity contribution in [2.75, 3.05) is 50.3 Å². The molecule has 0 saturated carbocycles. The molecule has 10 rings (SSSR count). The SMILES string of the molecule is CC1(C)COS1(=O)=O.CC1COS1(=O)=O.O=S1(=O)CCCCO1.O=S1(=O)CCCO1.O=S1(=O)CCO1.O=S1(=O)OC(F)(F)C(F)(F)C(F)(F)C1(F)F.O=S1(=O)OC(F)(F)C(F)(F)C1(F)F.O=S1(=O)OC(F)(F)C1(C(F)(F)F)C(F)(F)F.O=S1(=O)OC(F)(F)C1(F)C(F)(F)F.O=S1(=O)OC(F)(F)C1(F)F. The Hall–Kier alpha value is -3.14. The lowest BCUT2D eigenvalue weighted by atomic mass is 10.1. The molecule has 0 radical (unpaired) electrons. The van der Waals surface area contributed by atoms with E-state index in [1.165, 1.54) is 0 Å². The van der Waals surface area contributed by atoms with E-state index in [0.717, 1.165) is 12.8 Å². The second kappa shape index (κ2) is 29.2. The summed E-state index contributed by atoms with van der Waals surface area (Å²) in [5, 5.41) is -23.3. The first kappa shape index (κ1) is 98.9.